The smallest absolute Gasteiger partial charge is 0.239 e. The van der Waals surface area contributed by atoms with E-state index in [0.717, 1.165) is 6.07 Å². The molecule has 0 spiro atoms. The monoisotopic (exact) mass is 225 g/mol. The van der Waals surface area contributed by atoms with Gasteiger partial charge in [-0.1, -0.05) is 33.2 Å². The number of benzene rings is 1. The van der Waals surface area contributed by atoms with Crippen molar-refractivity contribution in [1.29, 1.82) is 0 Å². The van der Waals surface area contributed by atoms with E-state index in [2.05, 4.69) is 32.5 Å². The van der Waals surface area contributed by atoms with Crippen LogP contribution in [0.15, 0.2) is 18.2 Å². The van der Waals surface area contributed by atoms with Gasteiger partial charge in [-0.25, -0.2) is 8.78 Å². The summed E-state index contributed by atoms with van der Waals surface area (Å²) in [5.41, 5.74) is 0.680. The molecule has 0 atom stereocenters. The Hall–Kier alpha value is -0.895. The normalized spacial score (nSPS) is 11.6. The molecule has 1 aromatic carbocycles. The van der Waals surface area contributed by atoms with Crippen molar-refractivity contribution in [2.24, 2.45) is 0 Å². The van der Waals surface area contributed by atoms with Crippen LogP contribution >= 0.6 is 0 Å². The van der Waals surface area contributed by atoms with E-state index in [1.807, 2.05) is 0 Å². The molecule has 0 fully saturated rings. The summed E-state index contributed by atoms with van der Waals surface area (Å²) in [4.78, 5) is 2.19. The fourth-order valence-electron chi connectivity index (χ4n) is 1.87. The number of halogens is 2. The second kappa shape index (κ2) is 5.44. The van der Waals surface area contributed by atoms with Crippen LogP contribution in [0.25, 0.3) is 0 Å². The summed E-state index contributed by atoms with van der Waals surface area (Å²) >= 11 is 0. The van der Waals surface area contributed by atoms with Gasteiger partial charge in [-0.15, -0.1) is 0 Å². The molecule has 0 aliphatic rings. The predicted octanol–water partition coefficient (Wildman–Crippen LogP) is 2.06. The van der Waals surface area contributed by atoms with Crippen LogP contribution in [-0.2, 0) is 0 Å². The number of rotatable bonds is 4. The first-order chi connectivity index (χ1) is 7.40. The van der Waals surface area contributed by atoms with Crippen molar-refractivity contribution in [3.8, 4) is 0 Å². The van der Waals surface area contributed by atoms with Crippen LogP contribution in [-0.4, -0.2) is 24.3 Å². The predicted molar refractivity (Wildman–Crippen MR) is 65.3 cm³/mol. The third kappa shape index (κ3) is 3.60. The summed E-state index contributed by atoms with van der Waals surface area (Å²) in [5, 5.41) is 0. The average Bonchev–Trinajstić information content (AvgIpc) is 2.11. The molecule has 1 aromatic rings. The first kappa shape index (κ1) is 13.2. The van der Waals surface area contributed by atoms with Crippen LogP contribution in [0.3, 0.4) is 0 Å². The summed E-state index contributed by atoms with van der Waals surface area (Å²) in [5.74, 6) is -1.02. The molecule has 0 radical (unpaired) electrons. The molecular weight excluding hydrogens is 207 g/mol. The highest BCUT2D eigenvalue weighted by Crippen LogP contribution is 2.04. The maximum atomic E-state index is 13.0. The lowest BCUT2D eigenvalue weighted by molar-refractivity contribution is 0.315. The molecule has 0 aromatic heterocycles. The van der Waals surface area contributed by atoms with E-state index in [4.69, 9.17) is 0 Å². The highest BCUT2D eigenvalue weighted by Gasteiger charge is 2.16. The summed E-state index contributed by atoms with van der Waals surface area (Å²) in [6.07, 6.45) is 0. The number of hydrogen-bond donors (Lipinski definition) is 0. The van der Waals surface area contributed by atoms with Crippen LogP contribution in [0.2, 0.25) is 0 Å². The lowest BCUT2D eigenvalue weighted by Gasteiger charge is -2.30. The molecule has 0 bridgehead atoms. The van der Waals surface area contributed by atoms with Crippen molar-refractivity contribution >= 4 is 12.9 Å². The SMILES string of the molecule is CC(C)N(Bc1cc(F)cc(F)c1)C(C)C. The molecule has 0 aliphatic carbocycles. The molecule has 0 aliphatic heterocycles. The largest absolute Gasteiger partial charge is 0.337 e. The first-order valence-corrected chi connectivity index (χ1v) is 5.61. The van der Waals surface area contributed by atoms with E-state index >= 15 is 0 Å². The highest BCUT2D eigenvalue weighted by molar-refractivity contribution is 6.50. The van der Waals surface area contributed by atoms with Crippen LogP contribution in [0.4, 0.5) is 8.78 Å². The molecule has 1 nitrogen and oxygen atoms in total. The van der Waals surface area contributed by atoms with Gasteiger partial charge in [-0.05, 0) is 24.2 Å². The van der Waals surface area contributed by atoms with E-state index in [0.29, 0.717) is 25.0 Å². The van der Waals surface area contributed by atoms with Gasteiger partial charge in [-0.2, -0.15) is 0 Å². The van der Waals surface area contributed by atoms with Crippen LogP contribution < -0.4 is 5.46 Å². The molecular formula is C12H18BF2N. The Morgan fingerprint density at radius 3 is 1.75 bits per heavy atom. The Balaban J connectivity index is 2.85. The second-order valence-corrected chi connectivity index (χ2v) is 4.64. The van der Waals surface area contributed by atoms with Crippen LogP contribution in [0.5, 0.6) is 0 Å². The first-order valence-electron chi connectivity index (χ1n) is 5.61. The van der Waals surface area contributed by atoms with Gasteiger partial charge in [0.05, 0.1) is 0 Å². The van der Waals surface area contributed by atoms with E-state index in [9.17, 15) is 8.78 Å². The Morgan fingerprint density at radius 1 is 0.938 bits per heavy atom. The molecule has 4 heteroatoms. The number of nitrogens with zero attached hydrogens (tertiary/aromatic N) is 1. The van der Waals surface area contributed by atoms with Gasteiger partial charge in [-0.3, -0.25) is 0 Å². The van der Waals surface area contributed by atoms with Gasteiger partial charge in [0.25, 0.3) is 0 Å². The minimum Gasteiger partial charge on any atom is -0.337 e. The topological polar surface area (TPSA) is 3.24 Å². The standard InChI is InChI=1S/C12H18BF2N/c1-8(2)16(9(3)4)13-10-5-11(14)7-12(15)6-10/h5-9,13H,1-4H3. The molecule has 0 N–H and O–H groups in total. The van der Waals surface area contributed by atoms with E-state index < -0.39 is 11.6 Å². The third-order valence-corrected chi connectivity index (χ3v) is 2.61. The Morgan fingerprint density at radius 2 is 1.38 bits per heavy atom. The van der Waals surface area contributed by atoms with Gasteiger partial charge in [0, 0.05) is 6.07 Å². The minimum absolute atomic E-state index is 0.353. The highest BCUT2D eigenvalue weighted by atomic mass is 19.1. The molecule has 0 saturated carbocycles. The summed E-state index contributed by atoms with van der Waals surface area (Å²) in [6.45, 7) is 8.32. The van der Waals surface area contributed by atoms with Gasteiger partial charge in [0.1, 0.15) is 11.6 Å². The molecule has 0 unspecified atom stereocenters. The van der Waals surface area contributed by atoms with Crippen molar-refractivity contribution < 1.29 is 8.78 Å². The Labute approximate surface area is 96.7 Å². The zero-order valence-corrected chi connectivity index (χ0v) is 10.3. The van der Waals surface area contributed by atoms with Gasteiger partial charge >= 0.3 is 0 Å². The molecule has 0 saturated heterocycles. The Kier molecular flexibility index (Phi) is 4.48. The number of hydrogen-bond acceptors (Lipinski definition) is 1. The van der Waals surface area contributed by atoms with Gasteiger partial charge in [0.15, 0.2) is 0 Å². The molecule has 88 valence electrons. The van der Waals surface area contributed by atoms with E-state index in [-0.39, 0.29) is 0 Å². The molecule has 1 rings (SSSR count). The van der Waals surface area contributed by atoms with Crippen molar-refractivity contribution in [2.45, 2.75) is 39.8 Å². The van der Waals surface area contributed by atoms with E-state index in [1.165, 1.54) is 12.1 Å². The van der Waals surface area contributed by atoms with Crippen molar-refractivity contribution in [1.82, 2.24) is 4.81 Å². The fraction of sp³-hybridized carbons (Fsp3) is 0.500. The minimum atomic E-state index is -0.512. The average molecular weight is 225 g/mol. The maximum absolute atomic E-state index is 13.0. The maximum Gasteiger partial charge on any atom is 0.239 e. The van der Waals surface area contributed by atoms with Crippen molar-refractivity contribution in [2.75, 3.05) is 0 Å². The Bertz CT molecular complexity index is 325. The lowest BCUT2D eigenvalue weighted by Crippen LogP contribution is -2.45. The zero-order valence-electron chi connectivity index (χ0n) is 10.3. The summed E-state index contributed by atoms with van der Waals surface area (Å²) < 4.78 is 26.0. The molecule has 16 heavy (non-hydrogen) atoms. The fourth-order valence-corrected chi connectivity index (χ4v) is 1.87. The lowest BCUT2D eigenvalue weighted by atomic mass is 9.78. The van der Waals surface area contributed by atoms with Crippen LogP contribution in [0.1, 0.15) is 27.7 Å². The van der Waals surface area contributed by atoms with Crippen LogP contribution in [0, 0.1) is 11.6 Å². The quantitative estimate of drug-likeness (QED) is 0.709. The second-order valence-electron chi connectivity index (χ2n) is 4.64. The summed E-state index contributed by atoms with van der Waals surface area (Å²) in [7, 11) is 0.573. The van der Waals surface area contributed by atoms with Gasteiger partial charge in [0.2, 0.25) is 7.41 Å². The van der Waals surface area contributed by atoms with Crippen molar-refractivity contribution in [3.63, 3.8) is 0 Å². The zero-order chi connectivity index (χ0) is 12.3. The molecule has 0 heterocycles. The van der Waals surface area contributed by atoms with Gasteiger partial charge < -0.3 is 4.81 Å². The van der Waals surface area contributed by atoms with E-state index in [1.54, 1.807) is 0 Å². The molecule has 0 amide bonds. The third-order valence-electron chi connectivity index (χ3n) is 2.61. The van der Waals surface area contributed by atoms with Crippen molar-refractivity contribution in [3.05, 3.63) is 29.8 Å². The summed E-state index contributed by atoms with van der Waals surface area (Å²) in [6, 6.07) is 4.39.